The number of rotatable bonds is 3. The number of hydrogen-bond acceptors (Lipinski definition) is 1. The van der Waals surface area contributed by atoms with Gasteiger partial charge in [0.1, 0.15) is 0 Å². The summed E-state index contributed by atoms with van der Waals surface area (Å²) < 4.78 is 0. The van der Waals surface area contributed by atoms with Crippen LogP contribution in [0.1, 0.15) is 27.0 Å². The molecule has 0 heterocycles. The SMILES string of the molecule is Cc1ccc(C)c(CC(=O)c2cc(Cl)cc(Cl)c2)c1. The maximum atomic E-state index is 12.3. The van der Waals surface area contributed by atoms with Crippen molar-refractivity contribution in [1.82, 2.24) is 0 Å². The van der Waals surface area contributed by atoms with Crippen LogP contribution in [0, 0.1) is 13.8 Å². The van der Waals surface area contributed by atoms with Crippen molar-refractivity contribution in [3.05, 3.63) is 68.7 Å². The maximum absolute atomic E-state index is 12.3. The average Bonchev–Trinajstić information content (AvgIpc) is 2.32. The summed E-state index contributed by atoms with van der Waals surface area (Å²) in [6.07, 6.45) is 0.365. The Bertz CT molecular complexity index is 612. The van der Waals surface area contributed by atoms with Crippen molar-refractivity contribution in [2.75, 3.05) is 0 Å². The number of benzene rings is 2. The molecule has 0 saturated heterocycles. The molecule has 0 atom stereocenters. The highest BCUT2D eigenvalue weighted by Gasteiger charge is 2.10. The summed E-state index contributed by atoms with van der Waals surface area (Å²) in [5, 5.41) is 0.966. The van der Waals surface area contributed by atoms with Crippen LogP contribution < -0.4 is 0 Å². The summed E-state index contributed by atoms with van der Waals surface area (Å²) in [5.74, 6) is 0.0260. The number of hydrogen-bond donors (Lipinski definition) is 0. The molecule has 0 N–H and O–H groups in total. The standard InChI is InChI=1S/C16H14Cl2O/c1-10-3-4-11(2)12(5-10)8-16(19)13-6-14(17)9-15(18)7-13/h3-7,9H,8H2,1-2H3. The molecule has 0 aliphatic heterocycles. The summed E-state index contributed by atoms with van der Waals surface area (Å²) in [6, 6.07) is 11.0. The van der Waals surface area contributed by atoms with Crippen LogP contribution in [0.25, 0.3) is 0 Å². The molecule has 0 saturated carbocycles. The zero-order valence-corrected chi connectivity index (χ0v) is 12.3. The van der Waals surface area contributed by atoms with E-state index in [2.05, 4.69) is 0 Å². The first-order valence-electron chi connectivity index (χ1n) is 6.01. The van der Waals surface area contributed by atoms with Gasteiger partial charge in [-0.2, -0.15) is 0 Å². The summed E-state index contributed by atoms with van der Waals surface area (Å²) in [5.41, 5.74) is 3.86. The Hall–Kier alpha value is -1.31. The van der Waals surface area contributed by atoms with E-state index < -0.39 is 0 Å². The lowest BCUT2D eigenvalue weighted by Gasteiger charge is -2.07. The van der Waals surface area contributed by atoms with Crippen LogP contribution in [0.4, 0.5) is 0 Å². The first kappa shape index (κ1) is 14.1. The van der Waals surface area contributed by atoms with E-state index in [1.165, 1.54) is 0 Å². The number of aryl methyl sites for hydroxylation is 2. The zero-order valence-electron chi connectivity index (χ0n) is 10.8. The number of ketones is 1. The van der Waals surface area contributed by atoms with E-state index >= 15 is 0 Å². The molecule has 0 aliphatic rings. The van der Waals surface area contributed by atoms with Gasteiger partial charge in [-0.1, -0.05) is 47.0 Å². The molecule has 1 nitrogen and oxygen atoms in total. The minimum absolute atomic E-state index is 0.0260. The maximum Gasteiger partial charge on any atom is 0.167 e. The monoisotopic (exact) mass is 292 g/mol. The quantitative estimate of drug-likeness (QED) is 0.725. The Kier molecular flexibility index (Phi) is 4.28. The van der Waals surface area contributed by atoms with Gasteiger partial charge < -0.3 is 0 Å². The van der Waals surface area contributed by atoms with Gasteiger partial charge in [0.15, 0.2) is 5.78 Å². The van der Waals surface area contributed by atoms with E-state index in [-0.39, 0.29) is 5.78 Å². The Morgan fingerprint density at radius 3 is 2.26 bits per heavy atom. The Morgan fingerprint density at radius 1 is 1.00 bits per heavy atom. The molecule has 0 unspecified atom stereocenters. The first-order chi connectivity index (χ1) is 8.95. The third-order valence-electron chi connectivity index (χ3n) is 3.04. The molecule has 0 amide bonds. The fourth-order valence-electron chi connectivity index (χ4n) is 1.98. The molecule has 98 valence electrons. The van der Waals surface area contributed by atoms with Crippen LogP contribution in [0.5, 0.6) is 0 Å². The third kappa shape index (κ3) is 3.59. The normalized spacial score (nSPS) is 10.5. The molecule has 0 radical (unpaired) electrons. The molecule has 0 aromatic heterocycles. The molecule has 2 rings (SSSR count). The smallest absolute Gasteiger partial charge is 0.167 e. The van der Waals surface area contributed by atoms with Crippen molar-refractivity contribution in [3.63, 3.8) is 0 Å². The summed E-state index contributed by atoms with van der Waals surface area (Å²) >= 11 is 11.8. The topological polar surface area (TPSA) is 17.1 Å². The number of carbonyl (C=O) groups is 1. The van der Waals surface area contributed by atoms with E-state index in [4.69, 9.17) is 23.2 Å². The molecule has 0 aliphatic carbocycles. The van der Waals surface area contributed by atoms with Gasteiger partial charge in [0.2, 0.25) is 0 Å². The van der Waals surface area contributed by atoms with Crippen molar-refractivity contribution in [3.8, 4) is 0 Å². The highest BCUT2D eigenvalue weighted by atomic mass is 35.5. The van der Waals surface area contributed by atoms with Crippen LogP contribution >= 0.6 is 23.2 Å². The van der Waals surface area contributed by atoms with Crippen LogP contribution in [0.2, 0.25) is 10.0 Å². The van der Waals surface area contributed by atoms with E-state index in [0.29, 0.717) is 22.0 Å². The predicted molar refractivity (Wildman–Crippen MR) is 80.4 cm³/mol. The molecule has 0 fully saturated rings. The molecular weight excluding hydrogens is 279 g/mol. The molecule has 0 spiro atoms. The van der Waals surface area contributed by atoms with Crippen molar-refractivity contribution >= 4 is 29.0 Å². The van der Waals surface area contributed by atoms with Gasteiger partial charge >= 0.3 is 0 Å². The van der Waals surface area contributed by atoms with Crippen molar-refractivity contribution in [2.45, 2.75) is 20.3 Å². The minimum Gasteiger partial charge on any atom is -0.294 e. The fraction of sp³-hybridized carbons (Fsp3) is 0.188. The van der Waals surface area contributed by atoms with Gasteiger partial charge in [-0.05, 0) is 43.2 Å². The minimum atomic E-state index is 0.0260. The third-order valence-corrected chi connectivity index (χ3v) is 3.48. The Balaban J connectivity index is 2.28. The lowest BCUT2D eigenvalue weighted by atomic mass is 9.98. The zero-order chi connectivity index (χ0) is 14.0. The van der Waals surface area contributed by atoms with Gasteiger partial charge in [-0.3, -0.25) is 4.79 Å². The Morgan fingerprint density at radius 2 is 1.63 bits per heavy atom. The van der Waals surface area contributed by atoms with Gasteiger partial charge in [-0.25, -0.2) is 0 Å². The van der Waals surface area contributed by atoms with Crippen molar-refractivity contribution in [1.29, 1.82) is 0 Å². The van der Waals surface area contributed by atoms with Crippen LogP contribution in [0.3, 0.4) is 0 Å². The van der Waals surface area contributed by atoms with E-state index in [1.54, 1.807) is 18.2 Å². The second-order valence-corrected chi connectivity index (χ2v) is 5.56. The highest BCUT2D eigenvalue weighted by molar-refractivity contribution is 6.35. The van der Waals surface area contributed by atoms with E-state index in [1.807, 2.05) is 32.0 Å². The fourth-order valence-corrected chi connectivity index (χ4v) is 2.51. The Labute approximate surface area is 123 Å². The summed E-state index contributed by atoms with van der Waals surface area (Å²) in [7, 11) is 0. The lowest BCUT2D eigenvalue weighted by molar-refractivity contribution is 0.0993. The average molecular weight is 293 g/mol. The second-order valence-electron chi connectivity index (χ2n) is 4.69. The highest BCUT2D eigenvalue weighted by Crippen LogP contribution is 2.21. The van der Waals surface area contributed by atoms with Crippen molar-refractivity contribution in [2.24, 2.45) is 0 Å². The van der Waals surface area contributed by atoms with E-state index in [9.17, 15) is 4.79 Å². The van der Waals surface area contributed by atoms with Gasteiger partial charge in [-0.15, -0.1) is 0 Å². The predicted octanol–water partition coefficient (Wildman–Crippen LogP) is 5.04. The lowest BCUT2D eigenvalue weighted by Crippen LogP contribution is -2.05. The van der Waals surface area contributed by atoms with Gasteiger partial charge in [0, 0.05) is 22.0 Å². The number of carbonyl (C=O) groups excluding carboxylic acids is 1. The molecule has 19 heavy (non-hydrogen) atoms. The summed E-state index contributed by atoms with van der Waals surface area (Å²) in [4.78, 5) is 12.3. The second kappa shape index (κ2) is 5.77. The molecule has 0 bridgehead atoms. The molecule has 2 aromatic rings. The van der Waals surface area contributed by atoms with Crippen LogP contribution in [-0.4, -0.2) is 5.78 Å². The van der Waals surface area contributed by atoms with Gasteiger partial charge in [0.05, 0.1) is 0 Å². The molecular formula is C16H14Cl2O. The first-order valence-corrected chi connectivity index (χ1v) is 6.77. The number of halogens is 2. The van der Waals surface area contributed by atoms with Crippen molar-refractivity contribution < 1.29 is 4.79 Å². The number of Topliss-reactive ketones (excluding diaryl/α,β-unsaturated/α-hetero) is 1. The van der Waals surface area contributed by atoms with Crippen LogP contribution in [-0.2, 0) is 6.42 Å². The van der Waals surface area contributed by atoms with Gasteiger partial charge in [0.25, 0.3) is 0 Å². The van der Waals surface area contributed by atoms with Crippen LogP contribution in [0.15, 0.2) is 36.4 Å². The van der Waals surface area contributed by atoms with E-state index in [0.717, 1.165) is 16.7 Å². The summed E-state index contributed by atoms with van der Waals surface area (Å²) in [6.45, 7) is 4.02. The molecule has 3 heteroatoms. The largest absolute Gasteiger partial charge is 0.294 e. The molecule has 2 aromatic carbocycles.